The summed E-state index contributed by atoms with van der Waals surface area (Å²) in [6.07, 6.45) is 9.47. The van der Waals surface area contributed by atoms with Crippen LogP contribution < -0.4 is 5.73 Å². The molecule has 27 heavy (non-hydrogen) atoms. The molecule has 0 aliphatic rings. The van der Waals surface area contributed by atoms with Crippen LogP contribution >= 0.6 is 0 Å². The number of nitrogens with two attached hydrogens (primary N) is 1. The summed E-state index contributed by atoms with van der Waals surface area (Å²) in [6.45, 7) is 16.0. The fourth-order valence-corrected chi connectivity index (χ4v) is 4.50. The zero-order chi connectivity index (χ0) is 20.2. The van der Waals surface area contributed by atoms with Crippen LogP contribution in [0.5, 0.6) is 0 Å². The maximum absolute atomic E-state index is 6.86. The molecule has 6 nitrogen and oxygen atoms in total. The van der Waals surface area contributed by atoms with Crippen LogP contribution in [0.1, 0.15) is 72.8 Å². The Bertz CT molecular complexity index is 738. The Kier molecular flexibility index (Phi) is 7.02. The number of hydrogen-bond acceptors (Lipinski definition) is 5. The van der Waals surface area contributed by atoms with E-state index in [1.807, 2.05) is 6.33 Å². The van der Waals surface area contributed by atoms with Crippen LogP contribution in [0.3, 0.4) is 0 Å². The molecule has 2 N–H and O–H groups in total. The van der Waals surface area contributed by atoms with Gasteiger partial charge in [-0.25, -0.2) is 15.0 Å². The highest BCUT2D eigenvalue weighted by Crippen LogP contribution is 2.39. The molecule has 0 unspecified atom stereocenters. The summed E-state index contributed by atoms with van der Waals surface area (Å²) in [6, 6.07) is 0.139. The van der Waals surface area contributed by atoms with Gasteiger partial charge < -0.3 is 14.7 Å². The summed E-state index contributed by atoms with van der Waals surface area (Å²) in [5, 5.41) is 0.179. The maximum atomic E-state index is 6.86. The Morgan fingerprint density at radius 1 is 1.15 bits per heavy atom. The first-order valence-electron chi connectivity index (χ1n) is 10.2. The maximum Gasteiger partial charge on any atom is 0.192 e. The average Bonchev–Trinajstić information content (AvgIpc) is 3.01. The van der Waals surface area contributed by atoms with E-state index in [-0.39, 0.29) is 17.2 Å². The van der Waals surface area contributed by atoms with Crippen molar-refractivity contribution in [3.63, 3.8) is 0 Å². The van der Waals surface area contributed by atoms with E-state index < -0.39 is 8.32 Å². The van der Waals surface area contributed by atoms with Gasteiger partial charge in [-0.2, -0.15) is 0 Å². The standard InChI is InChI=1S/C20H37N5OSi/c1-8-9-10-11-12-16(26-27(6,7)20(3,4)5)15(2)25-14-24-17-18(21)22-13-23-19(17)25/h13-16H,8-12H2,1-7H3,(H2,21,22,23)/t15-,16-/m1/s1. The molecule has 0 saturated heterocycles. The third kappa shape index (κ3) is 5.07. The van der Waals surface area contributed by atoms with Gasteiger partial charge in [0, 0.05) is 0 Å². The number of imidazole rings is 1. The summed E-state index contributed by atoms with van der Waals surface area (Å²) in [5.41, 5.74) is 7.42. The lowest BCUT2D eigenvalue weighted by Crippen LogP contribution is -2.45. The van der Waals surface area contributed by atoms with Gasteiger partial charge in [-0.15, -0.1) is 0 Å². The summed E-state index contributed by atoms with van der Waals surface area (Å²) >= 11 is 0. The molecule has 0 spiro atoms. The molecule has 2 atom stereocenters. The lowest BCUT2D eigenvalue weighted by molar-refractivity contribution is 0.118. The summed E-state index contributed by atoms with van der Waals surface area (Å²) in [5.74, 6) is 0.427. The summed E-state index contributed by atoms with van der Waals surface area (Å²) < 4.78 is 8.97. The van der Waals surface area contributed by atoms with Crippen molar-refractivity contribution >= 4 is 25.3 Å². The summed E-state index contributed by atoms with van der Waals surface area (Å²) in [7, 11) is -1.88. The topological polar surface area (TPSA) is 78.9 Å². The zero-order valence-corrected chi connectivity index (χ0v) is 19.1. The van der Waals surface area contributed by atoms with Crippen molar-refractivity contribution in [2.45, 2.75) is 97.0 Å². The Morgan fingerprint density at radius 3 is 2.48 bits per heavy atom. The second-order valence-electron chi connectivity index (χ2n) is 9.09. The van der Waals surface area contributed by atoms with Crippen molar-refractivity contribution in [2.24, 2.45) is 0 Å². The first-order valence-corrected chi connectivity index (χ1v) is 13.1. The van der Waals surface area contributed by atoms with E-state index >= 15 is 0 Å². The lowest BCUT2D eigenvalue weighted by atomic mass is 10.0. The number of nitrogen functional groups attached to an aromatic ring is 1. The molecule has 0 aliphatic carbocycles. The van der Waals surface area contributed by atoms with Crippen LogP contribution in [0.4, 0.5) is 5.82 Å². The minimum Gasteiger partial charge on any atom is -0.412 e. The molecular weight excluding hydrogens is 354 g/mol. The van der Waals surface area contributed by atoms with Crippen molar-refractivity contribution in [1.29, 1.82) is 0 Å². The number of fused-ring (bicyclic) bond motifs is 1. The SMILES string of the molecule is CCCCCC[C@@H](O[Si](C)(C)C(C)(C)C)[C@@H](C)n1cnc2c(N)ncnc21. The van der Waals surface area contributed by atoms with E-state index in [1.165, 1.54) is 32.0 Å². The number of unbranched alkanes of at least 4 members (excludes halogenated alkanes) is 3. The molecule has 2 aromatic heterocycles. The smallest absolute Gasteiger partial charge is 0.192 e. The Morgan fingerprint density at radius 2 is 1.85 bits per heavy atom. The van der Waals surface area contributed by atoms with E-state index in [0.717, 1.165) is 12.1 Å². The minimum atomic E-state index is -1.88. The number of anilines is 1. The van der Waals surface area contributed by atoms with E-state index in [2.05, 4.69) is 67.2 Å². The van der Waals surface area contributed by atoms with Gasteiger partial charge >= 0.3 is 0 Å². The molecule has 2 aromatic rings. The van der Waals surface area contributed by atoms with Gasteiger partial charge in [0.1, 0.15) is 11.8 Å². The van der Waals surface area contributed by atoms with Crippen LogP contribution in [0.15, 0.2) is 12.7 Å². The van der Waals surface area contributed by atoms with E-state index in [0.29, 0.717) is 11.3 Å². The normalized spacial score (nSPS) is 15.2. The molecule has 0 amide bonds. The highest BCUT2D eigenvalue weighted by Gasteiger charge is 2.40. The molecule has 0 saturated carbocycles. The van der Waals surface area contributed by atoms with Crippen LogP contribution in [-0.4, -0.2) is 33.9 Å². The molecule has 2 heterocycles. The highest BCUT2D eigenvalue weighted by molar-refractivity contribution is 6.74. The fraction of sp³-hybridized carbons (Fsp3) is 0.750. The largest absolute Gasteiger partial charge is 0.412 e. The quantitative estimate of drug-likeness (QED) is 0.461. The van der Waals surface area contributed by atoms with Crippen LogP contribution in [0, 0.1) is 0 Å². The molecule has 0 fully saturated rings. The van der Waals surface area contributed by atoms with Gasteiger partial charge in [0.05, 0.1) is 18.5 Å². The molecule has 7 heteroatoms. The molecule has 2 rings (SSSR count). The van der Waals surface area contributed by atoms with E-state index in [9.17, 15) is 0 Å². The van der Waals surface area contributed by atoms with Gasteiger partial charge in [-0.3, -0.25) is 0 Å². The first kappa shape index (κ1) is 21.8. The van der Waals surface area contributed by atoms with Crippen LogP contribution in [-0.2, 0) is 4.43 Å². The second kappa shape index (κ2) is 8.69. The molecule has 0 bridgehead atoms. The van der Waals surface area contributed by atoms with Crippen LogP contribution in [0.2, 0.25) is 18.1 Å². The number of nitrogens with zero attached hydrogens (tertiary/aromatic N) is 4. The molecule has 152 valence electrons. The van der Waals surface area contributed by atoms with Gasteiger partial charge in [-0.05, 0) is 31.5 Å². The van der Waals surface area contributed by atoms with Crippen molar-refractivity contribution in [3.05, 3.63) is 12.7 Å². The molecule has 0 aromatic carbocycles. The van der Waals surface area contributed by atoms with Gasteiger partial charge in [-0.1, -0.05) is 53.4 Å². The van der Waals surface area contributed by atoms with E-state index in [1.54, 1.807) is 0 Å². The highest BCUT2D eigenvalue weighted by atomic mass is 28.4. The molecular formula is C20H37N5OSi. The lowest BCUT2D eigenvalue weighted by Gasteiger charge is -2.41. The van der Waals surface area contributed by atoms with Gasteiger partial charge in [0.15, 0.2) is 19.8 Å². The monoisotopic (exact) mass is 391 g/mol. The van der Waals surface area contributed by atoms with Gasteiger partial charge in [0.2, 0.25) is 0 Å². The van der Waals surface area contributed by atoms with E-state index in [4.69, 9.17) is 10.2 Å². The zero-order valence-electron chi connectivity index (χ0n) is 18.1. The van der Waals surface area contributed by atoms with Crippen molar-refractivity contribution < 1.29 is 4.43 Å². The van der Waals surface area contributed by atoms with Crippen molar-refractivity contribution in [3.8, 4) is 0 Å². The Labute approximate surface area is 165 Å². The molecule has 0 radical (unpaired) electrons. The Balaban J connectivity index is 2.28. The van der Waals surface area contributed by atoms with Gasteiger partial charge in [0.25, 0.3) is 0 Å². The predicted octanol–water partition coefficient (Wildman–Crippen LogP) is 5.33. The summed E-state index contributed by atoms with van der Waals surface area (Å²) in [4.78, 5) is 12.9. The van der Waals surface area contributed by atoms with Crippen LogP contribution in [0.25, 0.3) is 11.2 Å². The Hall–Kier alpha value is -1.47. The third-order valence-corrected chi connectivity index (χ3v) is 10.5. The van der Waals surface area contributed by atoms with Crippen molar-refractivity contribution in [1.82, 2.24) is 19.5 Å². The number of aromatic nitrogens is 4. The average molecular weight is 392 g/mol. The molecule has 0 aliphatic heterocycles. The third-order valence-electron chi connectivity index (χ3n) is 5.96. The predicted molar refractivity (Wildman–Crippen MR) is 115 cm³/mol. The van der Waals surface area contributed by atoms with Crippen molar-refractivity contribution in [2.75, 3.05) is 5.73 Å². The first-order chi connectivity index (χ1) is 12.6. The minimum absolute atomic E-state index is 0.135. The number of rotatable bonds is 9. The number of hydrogen-bond donors (Lipinski definition) is 1. The second-order valence-corrected chi connectivity index (χ2v) is 13.8. The fourth-order valence-electron chi connectivity index (χ4n) is 3.07.